The number of nitrogens with zero attached hydrogens (tertiary/aromatic N) is 2. The molecule has 0 fully saturated rings. The molecule has 0 spiro atoms. The second-order valence-corrected chi connectivity index (χ2v) is 25.9. The Hall–Kier alpha value is -3.83. The van der Waals surface area contributed by atoms with E-state index in [9.17, 15) is 0 Å². The summed E-state index contributed by atoms with van der Waals surface area (Å²) >= 11 is -1.76. The Morgan fingerprint density at radius 1 is 0.740 bits per heavy atom. The van der Waals surface area contributed by atoms with E-state index in [-0.39, 0.29) is 25.5 Å². The van der Waals surface area contributed by atoms with Gasteiger partial charge < -0.3 is 9.40 Å². The molecule has 0 aliphatic carbocycles. The fourth-order valence-electron chi connectivity index (χ4n) is 5.96. The van der Waals surface area contributed by atoms with Crippen molar-refractivity contribution >= 4 is 39.6 Å². The van der Waals surface area contributed by atoms with E-state index < -0.39 is 13.3 Å². The molecule has 0 bridgehead atoms. The van der Waals surface area contributed by atoms with E-state index in [1.807, 2.05) is 18.3 Å². The van der Waals surface area contributed by atoms with Gasteiger partial charge in [-0.25, -0.2) is 0 Å². The van der Waals surface area contributed by atoms with Crippen molar-refractivity contribution in [2.45, 2.75) is 70.1 Å². The number of hydrogen-bond acceptors (Lipinski definition) is 3. The van der Waals surface area contributed by atoms with Gasteiger partial charge in [0.05, 0.1) is 5.58 Å². The Labute approximate surface area is 314 Å². The summed E-state index contributed by atoms with van der Waals surface area (Å²) in [7, 11) is 0. The third kappa shape index (κ3) is 8.37. The molecule has 3 nitrogen and oxygen atoms in total. The molecule has 0 amide bonds. The maximum atomic E-state index is 6.18. The van der Waals surface area contributed by atoms with Crippen LogP contribution in [0.25, 0.3) is 55.6 Å². The largest absolute Gasteiger partial charge is 0.500 e. The monoisotopic (exact) mass is 897 g/mol. The molecular weight excluding hydrogens is 849 g/mol. The van der Waals surface area contributed by atoms with Crippen LogP contribution in [0.3, 0.4) is 0 Å². The zero-order chi connectivity index (χ0) is 34.9. The predicted octanol–water partition coefficient (Wildman–Crippen LogP) is 11.9. The van der Waals surface area contributed by atoms with Gasteiger partial charge in [0.1, 0.15) is 5.58 Å². The number of furan rings is 1. The van der Waals surface area contributed by atoms with E-state index in [1.165, 1.54) is 26.6 Å². The van der Waals surface area contributed by atoms with Crippen LogP contribution in [0.4, 0.5) is 0 Å². The maximum absolute atomic E-state index is 6.18. The summed E-state index contributed by atoms with van der Waals surface area (Å²) in [4.78, 5) is 9.26. The van der Waals surface area contributed by atoms with Crippen LogP contribution in [-0.4, -0.2) is 23.2 Å². The number of hydrogen-bond donors (Lipinski definition) is 0. The third-order valence-corrected chi connectivity index (χ3v) is 13.3. The van der Waals surface area contributed by atoms with E-state index >= 15 is 0 Å². The van der Waals surface area contributed by atoms with Crippen molar-refractivity contribution < 1.29 is 24.5 Å². The fourth-order valence-corrected chi connectivity index (χ4v) is 8.13. The SMILES string of the molecule is CC(C)(C)c1cc[c-]c(-c2cc[c]([Ge]([CH3])([CH3])[CH3])cn2)c1.Cc1[c-]c(-c2cc(C(C)C)ccn2)cc2c1oc1ccc(-c3ccccc3)cc12.[Ir]. The van der Waals surface area contributed by atoms with Gasteiger partial charge in [0, 0.05) is 31.7 Å². The van der Waals surface area contributed by atoms with Gasteiger partial charge in [-0.3, -0.25) is 0 Å². The minimum Gasteiger partial charge on any atom is -0.500 e. The van der Waals surface area contributed by atoms with Gasteiger partial charge in [0.2, 0.25) is 0 Å². The first kappa shape index (κ1) is 37.4. The first-order valence-electron chi connectivity index (χ1n) is 17.2. The molecule has 7 aromatic rings. The van der Waals surface area contributed by atoms with Crippen LogP contribution in [0, 0.1) is 19.1 Å². The average molecular weight is 896 g/mol. The quantitative estimate of drug-likeness (QED) is 0.128. The first-order chi connectivity index (χ1) is 23.3. The minimum atomic E-state index is -1.76. The zero-order valence-electron chi connectivity index (χ0n) is 30.6. The summed E-state index contributed by atoms with van der Waals surface area (Å²) in [6.45, 7) is 13.2. The standard InChI is InChI=1S/C27H22NO.C18H24GeN.Ir/c1-17(2)20-11-12-28-25(16-20)22-13-18(3)27-24(15-22)23-14-21(9-10-26(23)29-27)19-7-5-4-6-8-19;1-18(2,3)15-9-7-8-14(12-15)17-11-10-16(13-20-17)19(4,5)6;/h4-12,14-17H,1-3H3;7,9-13H,1-6H3;/q2*-1;. The molecule has 5 heteroatoms. The van der Waals surface area contributed by atoms with Gasteiger partial charge in [-0.05, 0) is 40.9 Å². The molecule has 1 radical (unpaired) electrons. The number of fused-ring (bicyclic) bond motifs is 3. The second-order valence-electron chi connectivity index (χ2n) is 15.3. The van der Waals surface area contributed by atoms with Crippen molar-refractivity contribution in [3.63, 3.8) is 0 Å². The van der Waals surface area contributed by atoms with E-state index in [0.717, 1.165) is 50.0 Å². The molecule has 3 aromatic heterocycles. The Morgan fingerprint density at radius 3 is 2.16 bits per heavy atom. The van der Waals surface area contributed by atoms with Crippen molar-refractivity contribution in [1.82, 2.24) is 9.97 Å². The van der Waals surface area contributed by atoms with Crippen molar-refractivity contribution in [1.29, 1.82) is 0 Å². The topological polar surface area (TPSA) is 38.9 Å². The van der Waals surface area contributed by atoms with Gasteiger partial charge in [-0.1, -0.05) is 79.7 Å². The molecule has 7 rings (SSSR count). The van der Waals surface area contributed by atoms with Crippen LogP contribution in [-0.2, 0) is 25.5 Å². The van der Waals surface area contributed by atoms with Crippen LogP contribution in [0.15, 0.2) is 114 Å². The summed E-state index contributed by atoms with van der Waals surface area (Å²) in [5, 5.41) is 2.24. The zero-order valence-corrected chi connectivity index (χ0v) is 35.1. The fraction of sp³-hybridized carbons (Fsp3) is 0.244. The Balaban J connectivity index is 0.000000204. The molecule has 257 valence electrons. The Morgan fingerprint density at radius 2 is 1.50 bits per heavy atom. The molecule has 0 unspecified atom stereocenters. The first-order valence-corrected chi connectivity index (χ1v) is 24.5. The maximum Gasteiger partial charge on any atom is 0.121 e. The van der Waals surface area contributed by atoms with E-state index in [2.05, 4.69) is 172 Å². The van der Waals surface area contributed by atoms with Crippen LogP contribution in [0.2, 0.25) is 17.3 Å². The van der Waals surface area contributed by atoms with Gasteiger partial charge in [-0.15, -0.1) is 17.7 Å². The summed E-state index contributed by atoms with van der Waals surface area (Å²) < 4.78 is 7.62. The summed E-state index contributed by atoms with van der Waals surface area (Å²) in [6.07, 6.45) is 3.95. The van der Waals surface area contributed by atoms with Crippen molar-refractivity contribution in [3.8, 4) is 33.6 Å². The number of aromatic nitrogens is 2. The van der Waals surface area contributed by atoms with Gasteiger partial charge in [0.15, 0.2) is 0 Å². The average Bonchev–Trinajstić information content (AvgIpc) is 3.47. The molecule has 0 N–H and O–H groups in total. The molecular formula is C45H46GeIrN2O-2. The van der Waals surface area contributed by atoms with Crippen LogP contribution in [0.5, 0.6) is 0 Å². The van der Waals surface area contributed by atoms with Crippen LogP contribution in [0.1, 0.15) is 57.2 Å². The predicted molar refractivity (Wildman–Crippen MR) is 210 cm³/mol. The van der Waals surface area contributed by atoms with Crippen molar-refractivity contribution in [3.05, 3.63) is 138 Å². The number of aryl methyl sites for hydroxylation is 1. The molecule has 50 heavy (non-hydrogen) atoms. The number of pyridine rings is 2. The van der Waals surface area contributed by atoms with E-state index in [4.69, 9.17) is 4.42 Å². The molecule has 0 saturated carbocycles. The Kier molecular flexibility index (Phi) is 11.4. The molecule has 0 saturated heterocycles. The molecule has 0 aliphatic rings. The smallest absolute Gasteiger partial charge is 0.121 e. The van der Waals surface area contributed by atoms with Gasteiger partial charge >= 0.3 is 126 Å². The Bertz CT molecular complexity index is 2220. The number of rotatable bonds is 5. The summed E-state index contributed by atoms with van der Waals surface area (Å²) in [5.41, 5.74) is 12.0. The number of benzene rings is 4. The minimum absolute atomic E-state index is 0. The normalized spacial score (nSPS) is 11.7. The second kappa shape index (κ2) is 15.2. The van der Waals surface area contributed by atoms with Crippen molar-refractivity contribution in [2.75, 3.05) is 0 Å². The summed E-state index contributed by atoms with van der Waals surface area (Å²) in [6, 6.07) is 40.8. The molecule has 3 heterocycles. The van der Waals surface area contributed by atoms with Gasteiger partial charge in [-0.2, -0.15) is 0 Å². The van der Waals surface area contributed by atoms with Crippen LogP contribution < -0.4 is 4.40 Å². The van der Waals surface area contributed by atoms with Gasteiger partial charge in [0.25, 0.3) is 0 Å². The van der Waals surface area contributed by atoms with Crippen LogP contribution >= 0.6 is 0 Å². The molecule has 4 aromatic carbocycles. The summed E-state index contributed by atoms with van der Waals surface area (Å²) in [5.74, 6) is 7.64. The van der Waals surface area contributed by atoms with E-state index in [0.29, 0.717) is 5.92 Å². The van der Waals surface area contributed by atoms with E-state index in [1.54, 1.807) is 0 Å². The molecule has 0 atom stereocenters. The molecule has 0 aliphatic heterocycles. The third-order valence-electron chi connectivity index (χ3n) is 9.08. The van der Waals surface area contributed by atoms with Crippen molar-refractivity contribution in [2.24, 2.45) is 0 Å².